The van der Waals surface area contributed by atoms with Crippen LogP contribution in [0, 0.1) is 0 Å². The van der Waals surface area contributed by atoms with Crippen molar-refractivity contribution in [3.8, 4) is 5.75 Å². The average Bonchev–Trinajstić information content (AvgIpc) is 2.44. The lowest BCUT2D eigenvalue weighted by atomic mass is 10.2. The second-order valence-corrected chi connectivity index (χ2v) is 7.37. The molecule has 0 heterocycles. The van der Waals surface area contributed by atoms with Crippen LogP contribution < -0.4 is 4.74 Å². The molecule has 0 bridgehead atoms. The van der Waals surface area contributed by atoms with Gasteiger partial charge in [0.2, 0.25) is 0 Å². The second kappa shape index (κ2) is 6.69. The highest BCUT2D eigenvalue weighted by atomic mass is 35.5. The Hall–Kier alpha value is -1.56. The largest absolute Gasteiger partial charge is 0.494 e. The lowest BCUT2D eigenvalue weighted by Crippen LogP contribution is -1.95. The van der Waals surface area contributed by atoms with Gasteiger partial charge in [-0.05, 0) is 42.0 Å². The fourth-order valence-corrected chi connectivity index (χ4v) is 3.07. The van der Waals surface area contributed by atoms with Crippen LogP contribution in [-0.4, -0.2) is 28.0 Å². The van der Waals surface area contributed by atoms with Crippen molar-refractivity contribution in [1.29, 1.82) is 0 Å². The van der Waals surface area contributed by atoms with Crippen LogP contribution >= 0.6 is 23.2 Å². The number of methoxy groups -OCH3 is 1. The maximum absolute atomic E-state index is 11.4. The van der Waals surface area contributed by atoms with Gasteiger partial charge in [-0.25, -0.2) is 8.42 Å². The molecular formula is C15H13Cl2NO3S. The average molecular weight is 358 g/mol. The van der Waals surface area contributed by atoms with Crippen molar-refractivity contribution in [2.45, 2.75) is 4.90 Å². The second-order valence-electron chi connectivity index (χ2n) is 4.54. The van der Waals surface area contributed by atoms with Crippen molar-refractivity contribution in [3.05, 3.63) is 52.0 Å². The van der Waals surface area contributed by atoms with Gasteiger partial charge in [0.15, 0.2) is 15.6 Å². The standard InChI is InChI=1S/C15H13Cl2NO3S/c1-21-15-13(16)7-10(8-14(15)17)9-18-11-3-5-12(6-4-11)22(2,19)20/h3-9H,1-2H3. The molecule has 2 aromatic carbocycles. The zero-order valence-electron chi connectivity index (χ0n) is 11.9. The number of halogens is 2. The highest BCUT2D eigenvalue weighted by Crippen LogP contribution is 2.33. The maximum Gasteiger partial charge on any atom is 0.175 e. The van der Waals surface area contributed by atoms with Crippen LogP contribution in [0.25, 0.3) is 0 Å². The quantitative estimate of drug-likeness (QED) is 0.772. The van der Waals surface area contributed by atoms with Gasteiger partial charge in [0.25, 0.3) is 0 Å². The van der Waals surface area contributed by atoms with E-state index in [0.29, 0.717) is 27.0 Å². The van der Waals surface area contributed by atoms with Crippen molar-refractivity contribution < 1.29 is 13.2 Å². The van der Waals surface area contributed by atoms with E-state index in [0.717, 1.165) is 6.26 Å². The van der Waals surface area contributed by atoms with Gasteiger partial charge in [0.05, 0.1) is 27.7 Å². The summed E-state index contributed by atoms with van der Waals surface area (Å²) in [6, 6.07) is 9.63. The Labute approximate surface area is 139 Å². The van der Waals surface area contributed by atoms with Gasteiger partial charge in [-0.2, -0.15) is 0 Å². The molecule has 0 aromatic heterocycles. The van der Waals surface area contributed by atoms with Crippen molar-refractivity contribution >= 4 is 44.9 Å². The molecule has 0 aliphatic rings. The Balaban J connectivity index is 2.26. The van der Waals surface area contributed by atoms with Crippen molar-refractivity contribution in [2.75, 3.05) is 13.4 Å². The van der Waals surface area contributed by atoms with Crippen molar-refractivity contribution in [3.63, 3.8) is 0 Å². The number of rotatable bonds is 4. The number of ether oxygens (including phenoxy) is 1. The molecule has 0 amide bonds. The molecule has 4 nitrogen and oxygen atoms in total. The Morgan fingerprint density at radius 2 is 1.64 bits per heavy atom. The Bertz CT molecular complexity index is 792. The molecule has 0 radical (unpaired) electrons. The lowest BCUT2D eigenvalue weighted by Gasteiger charge is -2.06. The minimum absolute atomic E-state index is 0.252. The van der Waals surface area contributed by atoms with Gasteiger partial charge in [0, 0.05) is 12.5 Å². The number of hydrogen-bond acceptors (Lipinski definition) is 4. The maximum atomic E-state index is 11.4. The minimum atomic E-state index is -3.21. The molecule has 0 aliphatic carbocycles. The molecule has 7 heteroatoms. The topological polar surface area (TPSA) is 55.7 Å². The Morgan fingerprint density at radius 1 is 1.09 bits per heavy atom. The predicted molar refractivity (Wildman–Crippen MR) is 89.8 cm³/mol. The van der Waals surface area contributed by atoms with E-state index >= 15 is 0 Å². The van der Waals surface area contributed by atoms with Crippen molar-refractivity contribution in [1.82, 2.24) is 0 Å². The summed E-state index contributed by atoms with van der Waals surface area (Å²) < 4.78 is 27.8. The molecule has 0 N–H and O–H groups in total. The molecule has 0 fully saturated rings. The number of hydrogen-bond donors (Lipinski definition) is 0. The predicted octanol–water partition coefficient (Wildman–Crippen LogP) is 4.16. The summed E-state index contributed by atoms with van der Waals surface area (Å²) in [6.45, 7) is 0. The summed E-state index contributed by atoms with van der Waals surface area (Å²) in [5, 5.41) is 0.785. The van der Waals surface area contributed by atoms with E-state index in [1.54, 1.807) is 30.5 Å². The Morgan fingerprint density at radius 3 is 2.09 bits per heavy atom. The first kappa shape index (κ1) is 16.8. The van der Waals surface area contributed by atoms with E-state index in [4.69, 9.17) is 27.9 Å². The van der Waals surface area contributed by atoms with Crippen LogP contribution in [0.3, 0.4) is 0 Å². The molecule has 2 aromatic rings. The van der Waals surface area contributed by atoms with Gasteiger partial charge in [-0.3, -0.25) is 4.99 Å². The SMILES string of the molecule is COc1c(Cl)cc(C=Nc2ccc(S(C)(=O)=O)cc2)cc1Cl. The number of benzene rings is 2. The summed E-state index contributed by atoms with van der Waals surface area (Å²) in [5.74, 6) is 0.415. The molecule has 0 unspecified atom stereocenters. The highest BCUT2D eigenvalue weighted by molar-refractivity contribution is 7.90. The smallest absolute Gasteiger partial charge is 0.175 e. The van der Waals surface area contributed by atoms with Gasteiger partial charge >= 0.3 is 0 Å². The number of aliphatic imine (C=N–C) groups is 1. The molecule has 22 heavy (non-hydrogen) atoms. The van der Waals surface area contributed by atoms with Crippen LogP contribution in [-0.2, 0) is 9.84 Å². The normalized spacial score (nSPS) is 11.8. The lowest BCUT2D eigenvalue weighted by molar-refractivity contribution is 0.415. The first-order chi connectivity index (χ1) is 10.3. The molecule has 0 atom stereocenters. The molecule has 0 saturated carbocycles. The van der Waals surface area contributed by atoms with E-state index in [-0.39, 0.29) is 4.90 Å². The number of sulfone groups is 1. The zero-order chi connectivity index (χ0) is 16.3. The summed E-state index contributed by atoms with van der Waals surface area (Å²) in [4.78, 5) is 4.51. The molecular weight excluding hydrogens is 345 g/mol. The summed E-state index contributed by atoms with van der Waals surface area (Å²) >= 11 is 12.1. The first-order valence-electron chi connectivity index (χ1n) is 6.18. The van der Waals surface area contributed by atoms with Crippen LogP contribution in [0.1, 0.15) is 5.56 Å². The van der Waals surface area contributed by atoms with Crippen LogP contribution in [0.2, 0.25) is 10.0 Å². The Kier molecular flexibility index (Phi) is 5.11. The van der Waals surface area contributed by atoms with E-state index in [1.165, 1.54) is 19.2 Å². The van der Waals surface area contributed by atoms with E-state index in [2.05, 4.69) is 4.99 Å². The van der Waals surface area contributed by atoms with E-state index < -0.39 is 9.84 Å². The van der Waals surface area contributed by atoms with Gasteiger partial charge < -0.3 is 4.74 Å². The third kappa shape index (κ3) is 4.00. The molecule has 0 saturated heterocycles. The zero-order valence-corrected chi connectivity index (χ0v) is 14.2. The van der Waals surface area contributed by atoms with Gasteiger partial charge in [-0.15, -0.1) is 0 Å². The van der Waals surface area contributed by atoms with Gasteiger partial charge in [-0.1, -0.05) is 23.2 Å². The van der Waals surface area contributed by atoms with Crippen LogP contribution in [0.4, 0.5) is 5.69 Å². The highest BCUT2D eigenvalue weighted by Gasteiger charge is 2.08. The number of nitrogens with zero attached hydrogens (tertiary/aromatic N) is 1. The molecule has 116 valence electrons. The van der Waals surface area contributed by atoms with Crippen molar-refractivity contribution in [2.24, 2.45) is 4.99 Å². The van der Waals surface area contributed by atoms with Gasteiger partial charge in [0.1, 0.15) is 0 Å². The minimum Gasteiger partial charge on any atom is -0.494 e. The summed E-state index contributed by atoms with van der Waals surface area (Å²) in [5.41, 5.74) is 1.33. The molecule has 0 spiro atoms. The summed E-state index contributed by atoms with van der Waals surface area (Å²) in [7, 11) is -1.72. The molecule has 2 rings (SSSR count). The molecule has 0 aliphatic heterocycles. The monoisotopic (exact) mass is 357 g/mol. The summed E-state index contributed by atoms with van der Waals surface area (Å²) in [6.07, 6.45) is 2.75. The third-order valence-corrected chi connectivity index (χ3v) is 4.54. The first-order valence-corrected chi connectivity index (χ1v) is 8.83. The van der Waals surface area contributed by atoms with Crippen LogP contribution in [0.15, 0.2) is 46.3 Å². The van der Waals surface area contributed by atoms with E-state index in [9.17, 15) is 8.42 Å². The third-order valence-electron chi connectivity index (χ3n) is 2.85. The fourth-order valence-electron chi connectivity index (χ4n) is 1.78. The van der Waals surface area contributed by atoms with Crippen LogP contribution in [0.5, 0.6) is 5.75 Å². The fraction of sp³-hybridized carbons (Fsp3) is 0.133. The van der Waals surface area contributed by atoms with E-state index in [1.807, 2.05) is 0 Å².